The van der Waals surface area contributed by atoms with Gasteiger partial charge >= 0.3 is 5.97 Å². The Kier molecular flexibility index (Phi) is 3.69. The van der Waals surface area contributed by atoms with Crippen molar-refractivity contribution < 1.29 is 24.0 Å². The molecule has 0 aliphatic carbocycles. The molecule has 0 bridgehead atoms. The fourth-order valence-electron chi connectivity index (χ4n) is 1.67. The topological polar surface area (TPSA) is 103 Å². The van der Waals surface area contributed by atoms with Crippen molar-refractivity contribution >= 4 is 11.7 Å². The number of benzene rings is 1. The fourth-order valence-corrected chi connectivity index (χ4v) is 1.67. The van der Waals surface area contributed by atoms with Gasteiger partial charge in [0.25, 0.3) is 5.69 Å². The maximum Gasteiger partial charge on any atom is 0.338 e. The highest BCUT2D eigenvalue weighted by Gasteiger charge is 2.15. The SMILES string of the molecule is Cc1c(OCc2cc(C(=O)O)co2)cccc1[N+](=O)[O-]. The maximum atomic E-state index is 10.8. The zero-order valence-corrected chi connectivity index (χ0v) is 10.5. The summed E-state index contributed by atoms with van der Waals surface area (Å²) in [6.45, 7) is 1.58. The van der Waals surface area contributed by atoms with Crippen LogP contribution in [0.25, 0.3) is 0 Å². The first-order valence-corrected chi connectivity index (χ1v) is 5.66. The summed E-state index contributed by atoms with van der Waals surface area (Å²) in [4.78, 5) is 21.0. The lowest BCUT2D eigenvalue weighted by Gasteiger charge is -2.07. The molecule has 0 aliphatic rings. The molecule has 0 amide bonds. The first-order chi connectivity index (χ1) is 9.49. The minimum absolute atomic E-state index is 0.00467. The normalized spacial score (nSPS) is 10.2. The zero-order chi connectivity index (χ0) is 14.7. The van der Waals surface area contributed by atoms with Gasteiger partial charge in [0.2, 0.25) is 0 Å². The summed E-state index contributed by atoms with van der Waals surface area (Å²) in [6, 6.07) is 5.85. The molecule has 1 aromatic carbocycles. The second kappa shape index (κ2) is 5.43. The minimum Gasteiger partial charge on any atom is -0.485 e. The van der Waals surface area contributed by atoms with Crippen molar-refractivity contribution in [2.45, 2.75) is 13.5 Å². The van der Waals surface area contributed by atoms with Gasteiger partial charge in [-0.2, -0.15) is 0 Å². The van der Waals surface area contributed by atoms with E-state index in [4.69, 9.17) is 14.3 Å². The molecule has 7 nitrogen and oxygen atoms in total. The van der Waals surface area contributed by atoms with Gasteiger partial charge in [-0.1, -0.05) is 6.07 Å². The van der Waals surface area contributed by atoms with E-state index in [-0.39, 0.29) is 17.9 Å². The Morgan fingerprint density at radius 1 is 1.50 bits per heavy atom. The average molecular weight is 277 g/mol. The van der Waals surface area contributed by atoms with Gasteiger partial charge in [0.1, 0.15) is 24.4 Å². The Hall–Kier alpha value is -2.83. The number of carboxylic acid groups (broad SMARTS) is 1. The number of hydrogen-bond acceptors (Lipinski definition) is 5. The molecule has 0 saturated heterocycles. The van der Waals surface area contributed by atoms with Gasteiger partial charge in [-0.05, 0) is 19.1 Å². The van der Waals surface area contributed by atoms with Crippen molar-refractivity contribution in [3.05, 3.63) is 57.5 Å². The Labute approximate surface area is 113 Å². The molecule has 1 N–H and O–H groups in total. The molecule has 2 aromatic rings. The number of ether oxygens (including phenoxy) is 1. The number of nitrogens with zero attached hydrogens (tertiary/aromatic N) is 1. The first kappa shape index (κ1) is 13.6. The van der Waals surface area contributed by atoms with Gasteiger partial charge in [0, 0.05) is 6.07 Å². The quantitative estimate of drug-likeness (QED) is 0.665. The number of rotatable bonds is 5. The van der Waals surface area contributed by atoms with Crippen LogP contribution >= 0.6 is 0 Å². The third-order valence-corrected chi connectivity index (χ3v) is 2.72. The smallest absolute Gasteiger partial charge is 0.338 e. The van der Waals surface area contributed by atoms with Crippen molar-refractivity contribution in [3.8, 4) is 5.75 Å². The predicted molar refractivity (Wildman–Crippen MR) is 67.8 cm³/mol. The summed E-state index contributed by atoms with van der Waals surface area (Å²) in [5.74, 6) is -0.410. The highest BCUT2D eigenvalue weighted by molar-refractivity contribution is 5.87. The molecule has 0 saturated carbocycles. The van der Waals surface area contributed by atoms with E-state index in [1.807, 2.05) is 0 Å². The summed E-state index contributed by atoms with van der Waals surface area (Å²) in [7, 11) is 0. The van der Waals surface area contributed by atoms with E-state index in [9.17, 15) is 14.9 Å². The van der Waals surface area contributed by atoms with Crippen LogP contribution in [0.2, 0.25) is 0 Å². The summed E-state index contributed by atoms with van der Waals surface area (Å²) in [6.07, 6.45) is 1.11. The Balaban J connectivity index is 2.12. The summed E-state index contributed by atoms with van der Waals surface area (Å²) >= 11 is 0. The van der Waals surface area contributed by atoms with Crippen LogP contribution in [-0.4, -0.2) is 16.0 Å². The average Bonchev–Trinajstić information content (AvgIpc) is 2.86. The van der Waals surface area contributed by atoms with Gasteiger partial charge in [-0.25, -0.2) is 4.79 Å². The molecule has 0 aliphatic heterocycles. The van der Waals surface area contributed by atoms with E-state index < -0.39 is 10.9 Å². The van der Waals surface area contributed by atoms with Crippen LogP contribution in [0.15, 0.2) is 34.9 Å². The lowest BCUT2D eigenvalue weighted by molar-refractivity contribution is -0.385. The highest BCUT2D eigenvalue weighted by Crippen LogP contribution is 2.27. The van der Waals surface area contributed by atoms with Crippen molar-refractivity contribution in [1.82, 2.24) is 0 Å². The minimum atomic E-state index is -1.09. The molecule has 0 fully saturated rings. The monoisotopic (exact) mass is 277 g/mol. The molecule has 7 heteroatoms. The van der Waals surface area contributed by atoms with E-state index >= 15 is 0 Å². The molecule has 2 rings (SSSR count). The van der Waals surface area contributed by atoms with E-state index in [1.165, 1.54) is 18.2 Å². The van der Waals surface area contributed by atoms with Crippen molar-refractivity contribution in [1.29, 1.82) is 0 Å². The molecule has 0 radical (unpaired) electrons. The first-order valence-electron chi connectivity index (χ1n) is 5.66. The van der Waals surface area contributed by atoms with Crippen LogP contribution in [0.3, 0.4) is 0 Å². The number of carbonyl (C=O) groups is 1. The van der Waals surface area contributed by atoms with Crippen LogP contribution in [0, 0.1) is 17.0 Å². The third kappa shape index (κ3) is 2.77. The van der Waals surface area contributed by atoms with Crippen molar-refractivity contribution in [3.63, 3.8) is 0 Å². The van der Waals surface area contributed by atoms with Crippen LogP contribution in [0.1, 0.15) is 21.7 Å². The Morgan fingerprint density at radius 2 is 2.25 bits per heavy atom. The largest absolute Gasteiger partial charge is 0.485 e. The molecule has 1 heterocycles. The maximum absolute atomic E-state index is 10.8. The van der Waals surface area contributed by atoms with E-state index in [2.05, 4.69) is 0 Å². The van der Waals surface area contributed by atoms with Crippen LogP contribution in [0.4, 0.5) is 5.69 Å². The number of nitro groups is 1. The molecule has 0 spiro atoms. The van der Waals surface area contributed by atoms with E-state index in [0.29, 0.717) is 17.1 Å². The number of furan rings is 1. The van der Waals surface area contributed by atoms with Gasteiger partial charge < -0.3 is 14.3 Å². The van der Waals surface area contributed by atoms with Gasteiger partial charge in [-0.3, -0.25) is 10.1 Å². The van der Waals surface area contributed by atoms with Crippen LogP contribution < -0.4 is 4.74 Å². The standard InChI is InChI=1S/C13H11NO6/c1-8-11(14(17)18)3-2-4-12(8)20-7-10-5-9(6-19-10)13(15)16/h2-6H,7H2,1H3,(H,15,16). The Bertz CT molecular complexity index is 661. The summed E-state index contributed by atoms with van der Waals surface area (Å²) in [5.41, 5.74) is 0.398. The second-order valence-electron chi connectivity index (χ2n) is 4.05. The van der Waals surface area contributed by atoms with Crippen molar-refractivity contribution in [2.75, 3.05) is 0 Å². The lowest BCUT2D eigenvalue weighted by Crippen LogP contribution is -1.99. The fraction of sp³-hybridized carbons (Fsp3) is 0.154. The number of carboxylic acids is 1. The molecule has 104 valence electrons. The van der Waals surface area contributed by atoms with E-state index in [1.54, 1.807) is 13.0 Å². The van der Waals surface area contributed by atoms with Gasteiger partial charge in [-0.15, -0.1) is 0 Å². The predicted octanol–water partition coefficient (Wildman–Crippen LogP) is 2.77. The zero-order valence-electron chi connectivity index (χ0n) is 10.5. The molecular weight excluding hydrogens is 266 g/mol. The molecule has 20 heavy (non-hydrogen) atoms. The summed E-state index contributed by atoms with van der Waals surface area (Å²) in [5, 5.41) is 19.5. The molecular formula is C13H11NO6. The number of aromatic carboxylic acids is 1. The van der Waals surface area contributed by atoms with Gasteiger partial charge in [0.15, 0.2) is 0 Å². The number of nitro benzene ring substituents is 1. The Morgan fingerprint density at radius 3 is 2.85 bits per heavy atom. The van der Waals surface area contributed by atoms with E-state index in [0.717, 1.165) is 6.26 Å². The van der Waals surface area contributed by atoms with Crippen LogP contribution in [0.5, 0.6) is 5.75 Å². The number of hydrogen-bond donors (Lipinski definition) is 1. The van der Waals surface area contributed by atoms with Crippen LogP contribution in [-0.2, 0) is 6.61 Å². The van der Waals surface area contributed by atoms with Crippen molar-refractivity contribution in [2.24, 2.45) is 0 Å². The highest BCUT2D eigenvalue weighted by atomic mass is 16.6. The molecule has 0 atom stereocenters. The second-order valence-corrected chi connectivity index (χ2v) is 4.05. The molecule has 1 aromatic heterocycles. The van der Waals surface area contributed by atoms with Gasteiger partial charge in [0.05, 0.1) is 16.1 Å². The lowest BCUT2D eigenvalue weighted by atomic mass is 10.2. The summed E-state index contributed by atoms with van der Waals surface area (Å²) < 4.78 is 10.4. The molecule has 0 unspecified atom stereocenters. The third-order valence-electron chi connectivity index (χ3n) is 2.72.